The number of thioether (sulfide) groups is 2. The molecule has 2 rings (SSSR count). The molecule has 0 aromatic heterocycles. The van der Waals surface area contributed by atoms with Crippen LogP contribution in [0.2, 0.25) is 0 Å². The second-order valence-electron chi connectivity index (χ2n) is 7.28. The van der Waals surface area contributed by atoms with Gasteiger partial charge in [0.2, 0.25) is 0 Å². The zero-order chi connectivity index (χ0) is 17.0. The standard InChI is InChI=1S/C21H28S2/c1-15(2)16(3)22-20-18(17-11-8-7-9-12-17)13-10-14-19(20)23-21(4,5)6/h7-16H,1-6H3. The molecular formula is C21H28S2. The highest BCUT2D eigenvalue weighted by molar-refractivity contribution is 8.03. The Labute approximate surface area is 150 Å². The van der Waals surface area contributed by atoms with Crippen molar-refractivity contribution < 1.29 is 0 Å². The molecule has 0 heterocycles. The van der Waals surface area contributed by atoms with E-state index in [1.165, 1.54) is 20.9 Å². The van der Waals surface area contributed by atoms with Crippen LogP contribution in [0.1, 0.15) is 41.5 Å². The Balaban J connectivity index is 2.51. The summed E-state index contributed by atoms with van der Waals surface area (Å²) in [5.74, 6) is 0.663. The van der Waals surface area contributed by atoms with Crippen LogP contribution >= 0.6 is 23.5 Å². The molecule has 0 spiro atoms. The van der Waals surface area contributed by atoms with Crippen LogP contribution in [0.25, 0.3) is 11.1 Å². The Morgan fingerprint density at radius 1 is 0.826 bits per heavy atom. The lowest BCUT2D eigenvalue weighted by molar-refractivity contribution is 0.642. The molecule has 0 aliphatic heterocycles. The number of hydrogen-bond donors (Lipinski definition) is 0. The first-order valence-corrected chi connectivity index (χ1v) is 10.0. The van der Waals surface area contributed by atoms with Gasteiger partial charge in [0.1, 0.15) is 0 Å². The molecule has 0 radical (unpaired) electrons. The molecule has 0 bridgehead atoms. The molecule has 0 nitrogen and oxygen atoms in total. The highest BCUT2D eigenvalue weighted by Gasteiger charge is 2.20. The normalized spacial score (nSPS) is 13.3. The average molecular weight is 345 g/mol. The first kappa shape index (κ1) is 18.5. The van der Waals surface area contributed by atoms with Crippen molar-refractivity contribution >= 4 is 23.5 Å². The van der Waals surface area contributed by atoms with Gasteiger partial charge in [0.25, 0.3) is 0 Å². The summed E-state index contributed by atoms with van der Waals surface area (Å²) < 4.78 is 0.214. The summed E-state index contributed by atoms with van der Waals surface area (Å²) in [5, 5.41) is 0.596. The SMILES string of the molecule is CC(C)C(C)Sc1c(SC(C)(C)C)cccc1-c1ccccc1. The van der Waals surface area contributed by atoms with E-state index in [9.17, 15) is 0 Å². The van der Waals surface area contributed by atoms with Gasteiger partial charge in [-0.25, -0.2) is 0 Å². The van der Waals surface area contributed by atoms with Crippen molar-refractivity contribution in [2.24, 2.45) is 5.92 Å². The van der Waals surface area contributed by atoms with Crippen molar-refractivity contribution in [3.63, 3.8) is 0 Å². The lowest BCUT2D eigenvalue weighted by Crippen LogP contribution is -2.09. The quantitative estimate of drug-likeness (QED) is 0.519. The zero-order valence-electron chi connectivity index (χ0n) is 15.1. The van der Waals surface area contributed by atoms with E-state index in [-0.39, 0.29) is 4.75 Å². The van der Waals surface area contributed by atoms with Gasteiger partial charge >= 0.3 is 0 Å². The molecule has 124 valence electrons. The largest absolute Gasteiger partial charge is 0.121 e. The van der Waals surface area contributed by atoms with Gasteiger partial charge in [-0.3, -0.25) is 0 Å². The van der Waals surface area contributed by atoms with Gasteiger partial charge in [-0.2, -0.15) is 0 Å². The smallest absolute Gasteiger partial charge is 0.0289 e. The summed E-state index contributed by atoms with van der Waals surface area (Å²) in [7, 11) is 0. The minimum absolute atomic E-state index is 0.214. The topological polar surface area (TPSA) is 0 Å². The van der Waals surface area contributed by atoms with Gasteiger partial charge < -0.3 is 0 Å². The van der Waals surface area contributed by atoms with E-state index >= 15 is 0 Å². The van der Waals surface area contributed by atoms with E-state index < -0.39 is 0 Å². The van der Waals surface area contributed by atoms with E-state index in [1.807, 2.05) is 23.5 Å². The van der Waals surface area contributed by atoms with Crippen LogP contribution in [-0.4, -0.2) is 10.00 Å². The van der Waals surface area contributed by atoms with Crippen molar-refractivity contribution in [2.75, 3.05) is 0 Å². The second kappa shape index (κ2) is 7.81. The van der Waals surface area contributed by atoms with Crippen LogP contribution in [0.3, 0.4) is 0 Å². The maximum atomic E-state index is 2.34. The van der Waals surface area contributed by atoms with Crippen LogP contribution in [0, 0.1) is 5.92 Å². The van der Waals surface area contributed by atoms with Crippen LogP contribution < -0.4 is 0 Å². The third-order valence-corrected chi connectivity index (χ3v) is 6.62. The summed E-state index contributed by atoms with van der Waals surface area (Å²) in [4.78, 5) is 2.83. The molecule has 2 aromatic carbocycles. The molecular weight excluding hydrogens is 316 g/mol. The summed E-state index contributed by atoms with van der Waals surface area (Å²) >= 11 is 3.99. The van der Waals surface area contributed by atoms with Gasteiger partial charge in [-0.05, 0) is 23.1 Å². The van der Waals surface area contributed by atoms with E-state index in [4.69, 9.17) is 0 Å². The fraction of sp³-hybridized carbons (Fsp3) is 0.429. The van der Waals surface area contributed by atoms with Gasteiger partial charge in [-0.1, -0.05) is 84.0 Å². The summed E-state index contributed by atoms with van der Waals surface area (Å²) in [6.45, 7) is 13.8. The molecule has 0 aliphatic carbocycles. The Morgan fingerprint density at radius 3 is 2.04 bits per heavy atom. The predicted octanol–water partition coefficient (Wildman–Crippen LogP) is 7.38. The Kier molecular flexibility index (Phi) is 6.27. The Bertz CT molecular complexity index is 624. The molecule has 0 fully saturated rings. The first-order valence-electron chi connectivity index (χ1n) is 8.32. The molecule has 0 amide bonds. The van der Waals surface area contributed by atoms with Crippen LogP contribution in [-0.2, 0) is 0 Å². The maximum Gasteiger partial charge on any atom is 0.0289 e. The predicted molar refractivity (Wildman–Crippen MR) is 108 cm³/mol. The van der Waals surface area contributed by atoms with Gasteiger partial charge in [0, 0.05) is 19.8 Å². The van der Waals surface area contributed by atoms with Crippen molar-refractivity contribution in [3.8, 4) is 11.1 Å². The fourth-order valence-corrected chi connectivity index (χ4v) is 4.63. The van der Waals surface area contributed by atoms with Gasteiger partial charge in [0.15, 0.2) is 0 Å². The molecule has 1 atom stereocenters. The highest BCUT2D eigenvalue weighted by atomic mass is 32.2. The van der Waals surface area contributed by atoms with E-state index in [0.717, 1.165) is 0 Å². The fourth-order valence-electron chi connectivity index (χ4n) is 2.21. The minimum Gasteiger partial charge on any atom is -0.121 e. The summed E-state index contributed by atoms with van der Waals surface area (Å²) in [5.41, 5.74) is 2.67. The maximum absolute atomic E-state index is 2.34. The Morgan fingerprint density at radius 2 is 1.48 bits per heavy atom. The van der Waals surface area contributed by atoms with Gasteiger partial charge in [-0.15, -0.1) is 23.5 Å². The van der Waals surface area contributed by atoms with Crippen molar-refractivity contribution in [1.82, 2.24) is 0 Å². The molecule has 0 N–H and O–H groups in total. The first-order chi connectivity index (χ1) is 10.8. The number of benzene rings is 2. The zero-order valence-corrected chi connectivity index (χ0v) is 16.7. The highest BCUT2D eigenvalue weighted by Crippen LogP contribution is 2.45. The summed E-state index contributed by atoms with van der Waals surface area (Å²) in [6, 6.07) is 17.5. The van der Waals surface area contributed by atoms with Crippen LogP contribution in [0.15, 0.2) is 58.3 Å². The molecule has 1 unspecified atom stereocenters. The van der Waals surface area contributed by atoms with E-state index in [2.05, 4.69) is 90.1 Å². The van der Waals surface area contributed by atoms with Crippen molar-refractivity contribution in [2.45, 2.75) is 61.3 Å². The number of hydrogen-bond acceptors (Lipinski definition) is 2. The van der Waals surface area contributed by atoms with Crippen molar-refractivity contribution in [1.29, 1.82) is 0 Å². The van der Waals surface area contributed by atoms with Gasteiger partial charge in [0.05, 0.1) is 0 Å². The Hall–Kier alpha value is -0.860. The van der Waals surface area contributed by atoms with E-state index in [1.54, 1.807) is 0 Å². The van der Waals surface area contributed by atoms with Crippen molar-refractivity contribution in [3.05, 3.63) is 48.5 Å². The monoisotopic (exact) mass is 344 g/mol. The minimum atomic E-state index is 0.214. The summed E-state index contributed by atoms with van der Waals surface area (Å²) in [6.07, 6.45) is 0. The van der Waals surface area contributed by atoms with Crippen LogP contribution in [0.4, 0.5) is 0 Å². The third kappa shape index (κ3) is 5.32. The lowest BCUT2D eigenvalue weighted by Gasteiger charge is -2.24. The molecule has 0 saturated heterocycles. The molecule has 2 aromatic rings. The van der Waals surface area contributed by atoms with Crippen LogP contribution in [0.5, 0.6) is 0 Å². The molecule has 23 heavy (non-hydrogen) atoms. The molecule has 0 saturated carbocycles. The number of rotatable bonds is 5. The average Bonchev–Trinajstić information content (AvgIpc) is 2.48. The molecule has 0 aliphatic rings. The van der Waals surface area contributed by atoms with E-state index in [0.29, 0.717) is 11.2 Å². The molecule has 2 heteroatoms. The third-order valence-electron chi connectivity index (χ3n) is 3.72. The lowest BCUT2D eigenvalue weighted by atomic mass is 10.1. The second-order valence-corrected chi connectivity index (χ2v) is 10.5.